The van der Waals surface area contributed by atoms with E-state index >= 15 is 0 Å². The first-order chi connectivity index (χ1) is 13.4. The summed E-state index contributed by atoms with van der Waals surface area (Å²) in [6.07, 6.45) is -3.83. The molecule has 0 saturated carbocycles. The van der Waals surface area contributed by atoms with Gasteiger partial charge in [0.1, 0.15) is 5.69 Å². The van der Waals surface area contributed by atoms with E-state index in [2.05, 4.69) is 10.3 Å². The second-order valence-corrected chi connectivity index (χ2v) is 6.56. The van der Waals surface area contributed by atoms with Gasteiger partial charge in [0, 0.05) is 0 Å². The minimum atomic E-state index is -4.97. The summed E-state index contributed by atoms with van der Waals surface area (Å²) in [6.45, 7) is 0.250. The maximum Gasteiger partial charge on any atom is 0.427 e. The summed E-state index contributed by atoms with van der Waals surface area (Å²) < 4.78 is 43.2. The Morgan fingerprint density at radius 3 is 2.25 bits per heavy atom. The predicted molar refractivity (Wildman–Crippen MR) is 98.6 cm³/mol. The molecule has 4 rings (SSSR count). The third-order valence-electron chi connectivity index (χ3n) is 4.67. The molecule has 1 heterocycles. The van der Waals surface area contributed by atoms with E-state index in [1.807, 2.05) is 30.3 Å². The standard InChI is InChI=1S/C21H16F3N3O/c22-21(23,24)20(28,18-11-10-16-8-4-5-9-17(16)12-18)19-14-27(26-25-19)13-15-6-2-1-3-7-15/h1-12,14,28H,13H2/t20-/m0/s1. The van der Waals surface area contributed by atoms with Crippen molar-refractivity contribution in [1.29, 1.82) is 0 Å². The zero-order valence-corrected chi connectivity index (χ0v) is 14.6. The molecule has 0 bridgehead atoms. The number of nitrogens with zero attached hydrogens (tertiary/aromatic N) is 3. The Morgan fingerprint density at radius 1 is 0.857 bits per heavy atom. The number of benzene rings is 3. The summed E-state index contributed by atoms with van der Waals surface area (Å²) >= 11 is 0. The average molecular weight is 383 g/mol. The molecule has 0 radical (unpaired) electrons. The van der Waals surface area contributed by atoms with Gasteiger partial charge in [0.15, 0.2) is 0 Å². The van der Waals surface area contributed by atoms with Crippen LogP contribution in [0.4, 0.5) is 13.2 Å². The van der Waals surface area contributed by atoms with E-state index < -0.39 is 17.5 Å². The van der Waals surface area contributed by atoms with Crippen LogP contribution in [0.25, 0.3) is 10.8 Å². The Kier molecular flexibility index (Phi) is 4.39. The highest BCUT2D eigenvalue weighted by atomic mass is 19.4. The number of aliphatic hydroxyl groups is 1. The van der Waals surface area contributed by atoms with Crippen LogP contribution in [0.15, 0.2) is 79.0 Å². The van der Waals surface area contributed by atoms with Crippen molar-refractivity contribution in [2.45, 2.75) is 18.3 Å². The van der Waals surface area contributed by atoms with E-state index in [0.717, 1.165) is 17.1 Å². The van der Waals surface area contributed by atoms with Gasteiger partial charge < -0.3 is 5.11 Å². The fourth-order valence-electron chi connectivity index (χ4n) is 3.18. The number of alkyl halides is 3. The van der Waals surface area contributed by atoms with Gasteiger partial charge >= 0.3 is 6.18 Å². The minimum absolute atomic E-state index is 0.250. The molecule has 28 heavy (non-hydrogen) atoms. The second-order valence-electron chi connectivity index (χ2n) is 6.56. The molecule has 7 heteroatoms. The maximum atomic E-state index is 14.0. The largest absolute Gasteiger partial charge is 0.427 e. The van der Waals surface area contributed by atoms with Crippen LogP contribution in [-0.4, -0.2) is 26.3 Å². The number of halogens is 3. The molecule has 0 aliphatic rings. The Bertz CT molecular complexity index is 1110. The summed E-state index contributed by atoms with van der Waals surface area (Å²) in [5.41, 5.74) is -3.26. The van der Waals surface area contributed by atoms with Gasteiger partial charge in [-0.1, -0.05) is 71.9 Å². The van der Waals surface area contributed by atoms with Crippen molar-refractivity contribution in [3.63, 3.8) is 0 Å². The third-order valence-corrected chi connectivity index (χ3v) is 4.67. The van der Waals surface area contributed by atoms with E-state index in [9.17, 15) is 18.3 Å². The van der Waals surface area contributed by atoms with Gasteiger partial charge in [0.25, 0.3) is 0 Å². The number of fused-ring (bicyclic) bond motifs is 1. The van der Waals surface area contributed by atoms with Crippen molar-refractivity contribution >= 4 is 10.8 Å². The fourth-order valence-corrected chi connectivity index (χ4v) is 3.18. The van der Waals surface area contributed by atoms with Crippen molar-refractivity contribution in [3.05, 3.63) is 95.8 Å². The Labute approximate surface area is 158 Å². The molecule has 0 aliphatic carbocycles. The highest BCUT2D eigenvalue weighted by Crippen LogP contribution is 2.44. The molecule has 4 aromatic rings. The van der Waals surface area contributed by atoms with Crippen LogP contribution in [0, 0.1) is 0 Å². The first-order valence-electron chi connectivity index (χ1n) is 8.61. The quantitative estimate of drug-likeness (QED) is 0.572. The topological polar surface area (TPSA) is 50.9 Å². The van der Waals surface area contributed by atoms with Gasteiger partial charge in [-0.05, 0) is 28.0 Å². The van der Waals surface area contributed by atoms with Gasteiger partial charge in [-0.3, -0.25) is 0 Å². The lowest BCUT2D eigenvalue weighted by Gasteiger charge is -2.29. The van der Waals surface area contributed by atoms with Gasteiger partial charge in [-0.15, -0.1) is 5.10 Å². The van der Waals surface area contributed by atoms with Crippen molar-refractivity contribution < 1.29 is 18.3 Å². The molecule has 1 atom stereocenters. The molecule has 0 fully saturated rings. The molecule has 0 amide bonds. The minimum Gasteiger partial charge on any atom is -0.371 e. The molecule has 142 valence electrons. The number of hydrogen-bond donors (Lipinski definition) is 1. The number of rotatable bonds is 4. The Balaban J connectivity index is 1.77. The van der Waals surface area contributed by atoms with Crippen LogP contribution in [0.3, 0.4) is 0 Å². The molecule has 1 aromatic heterocycles. The lowest BCUT2D eigenvalue weighted by molar-refractivity contribution is -0.249. The smallest absolute Gasteiger partial charge is 0.371 e. The Morgan fingerprint density at radius 2 is 1.54 bits per heavy atom. The number of aromatic nitrogens is 3. The van der Waals surface area contributed by atoms with Crippen LogP contribution in [0.2, 0.25) is 0 Å². The average Bonchev–Trinajstić information content (AvgIpc) is 3.15. The molecule has 4 nitrogen and oxygen atoms in total. The second kappa shape index (κ2) is 6.76. The zero-order chi connectivity index (χ0) is 19.8. The van der Waals surface area contributed by atoms with Crippen molar-refractivity contribution in [1.82, 2.24) is 15.0 Å². The Hall–Kier alpha value is -3.19. The molecular weight excluding hydrogens is 367 g/mol. The fraction of sp³-hybridized carbons (Fsp3) is 0.143. The van der Waals surface area contributed by atoms with E-state index in [0.29, 0.717) is 5.39 Å². The molecule has 0 saturated heterocycles. The lowest BCUT2D eigenvalue weighted by Crippen LogP contribution is -2.43. The van der Waals surface area contributed by atoms with Crippen molar-refractivity contribution in [2.24, 2.45) is 0 Å². The molecule has 0 unspecified atom stereocenters. The maximum absolute atomic E-state index is 14.0. The van der Waals surface area contributed by atoms with E-state index in [1.54, 1.807) is 30.3 Å². The predicted octanol–water partition coefficient (Wildman–Crippen LogP) is 4.28. The highest BCUT2D eigenvalue weighted by molar-refractivity contribution is 5.83. The summed E-state index contributed by atoms with van der Waals surface area (Å²) in [5, 5.41) is 19.6. The van der Waals surface area contributed by atoms with Crippen LogP contribution in [0.1, 0.15) is 16.8 Å². The molecule has 1 N–H and O–H groups in total. The molecular formula is C21H16F3N3O. The normalized spacial score (nSPS) is 14.1. The van der Waals surface area contributed by atoms with Gasteiger partial charge in [-0.2, -0.15) is 13.2 Å². The first kappa shape index (κ1) is 18.2. The summed E-state index contributed by atoms with van der Waals surface area (Å²) in [5.74, 6) is 0. The highest BCUT2D eigenvalue weighted by Gasteiger charge is 2.58. The van der Waals surface area contributed by atoms with E-state index in [-0.39, 0.29) is 12.1 Å². The van der Waals surface area contributed by atoms with Gasteiger partial charge in [0.2, 0.25) is 5.60 Å². The molecule has 3 aromatic carbocycles. The summed E-state index contributed by atoms with van der Waals surface area (Å²) in [6, 6.07) is 20.3. The van der Waals surface area contributed by atoms with Crippen LogP contribution < -0.4 is 0 Å². The van der Waals surface area contributed by atoms with Crippen molar-refractivity contribution in [3.8, 4) is 0 Å². The van der Waals surface area contributed by atoms with Gasteiger partial charge in [-0.25, -0.2) is 4.68 Å². The summed E-state index contributed by atoms with van der Waals surface area (Å²) in [7, 11) is 0. The van der Waals surface area contributed by atoms with Crippen LogP contribution >= 0.6 is 0 Å². The first-order valence-corrected chi connectivity index (χ1v) is 8.61. The van der Waals surface area contributed by atoms with Gasteiger partial charge in [0.05, 0.1) is 12.7 Å². The number of hydrogen-bond acceptors (Lipinski definition) is 3. The van der Waals surface area contributed by atoms with Crippen LogP contribution in [0.5, 0.6) is 0 Å². The van der Waals surface area contributed by atoms with Crippen LogP contribution in [-0.2, 0) is 12.1 Å². The summed E-state index contributed by atoms with van der Waals surface area (Å²) in [4.78, 5) is 0. The monoisotopic (exact) mass is 383 g/mol. The lowest BCUT2D eigenvalue weighted by atomic mass is 9.88. The van der Waals surface area contributed by atoms with E-state index in [4.69, 9.17) is 0 Å². The zero-order valence-electron chi connectivity index (χ0n) is 14.6. The SMILES string of the molecule is O[C@@](c1ccc2ccccc2c1)(c1cn(Cc2ccccc2)nn1)C(F)(F)F. The van der Waals surface area contributed by atoms with E-state index in [1.165, 1.54) is 16.8 Å². The molecule has 0 spiro atoms. The molecule has 0 aliphatic heterocycles. The third kappa shape index (κ3) is 3.14. The van der Waals surface area contributed by atoms with Crippen molar-refractivity contribution in [2.75, 3.05) is 0 Å².